The first-order valence-electron chi connectivity index (χ1n) is 3.07. The van der Waals surface area contributed by atoms with E-state index in [1.165, 1.54) is 7.11 Å². The summed E-state index contributed by atoms with van der Waals surface area (Å²) in [6.07, 6.45) is 1.76. The Balaban J connectivity index is -0.000000107. The van der Waals surface area contributed by atoms with E-state index in [0.717, 1.165) is 12.8 Å². The van der Waals surface area contributed by atoms with E-state index in [-0.39, 0.29) is 32.7 Å². The maximum Gasteiger partial charge on any atom is 0.0712 e. The van der Waals surface area contributed by atoms with Crippen molar-refractivity contribution in [3.05, 3.63) is 13.8 Å². The van der Waals surface area contributed by atoms with Crippen molar-refractivity contribution in [2.75, 3.05) is 13.7 Å². The monoisotopic (exact) mass is 221 g/mol. The smallest absolute Gasteiger partial charge is 0.0712 e. The first kappa shape index (κ1) is 17.2. The topological polar surface area (TPSA) is 18.5 Å². The van der Waals surface area contributed by atoms with Gasteiger partial charge in [-0.25, -0.2) is 9.78 Å². The van der Waals surface area contributed by atoms with Crippen molar-refractivity contribution in [1.29, 1.82) is 0 Å². The third-order valence-electron chi connectivity index (χ3n) is 0.346. The first-order chi connectivity index (χ1) is 4.33. The molecule has 0 N–H and O–H groups in total. The molecule has 0 aliphatic heterocycles. The molecule has 0 spiro atoms. The van der Waals surface area contributed by atoms with Gasteiger partial charge in [0.25, 0.3) is 0 Å². The van der Waals surface area contributed by atoms with E-state index in [0.29, 0.717) is 6.61 Å². The molecule has 10 heavy (non-hydrogen) atoms. The number of hydrogen-bond acceptors (Lipinski definition) is 2. The SMILES string of the molecule is [CH2-]CC.[CH2-]CCOOC.[Y]. The summed E-state index contributed by atoms with van der Waals surface area (Å²) in [4.78, 5) is 8.66. The van der Waals surface area contributed by atoms with Crippen molar-refractivity contribution >= 4 is 0 Å². The van der Waals surface area contributed by atoms with E-state index >= 15 is 0 Å². The summed E-state index contributed by atoms with van der Waals surface area (Å²) in [5, 5.41) is 0. The van der Waals surface area contributed by atoms with E-state index in [2.05, 4.69) is 23.6 Å². The molecule has 1 radical (unpaired) electrons. The molecule has 0 unspecified atom stereocenters. The molecule has 0 aromatic heterocycles. The summed E-state index contributed by atoms with van der Waals surface area (Å²) in [5.41, 5.74) is 0. The molecule has 3 heteroatoms. The zero-order chi connectivity index (χ0) is 7.54. The van der Waals surface area contributed by atoms with Gasteiger partial charge in [0.15, 0.2) is 0 Å². The second kappa shape index (κ2) is 22.5. The predicted octanol–water partition coefficient (Wildman–Crippen LogP) is 2.02. The molecular weight excluding hydrogens is 205 g/mol. The van der Waals surface area contributed by atoms with Gasteiger partial charge in [0, 0.05) is 32.7 Å². The number of rotatable bonds is 3. The second-order valence-electron chi connectivity index (χ2n) is 1.34. The van der Waals surface area contributed by atoms with Crippen LogP contribution < -0.4 is 0 Å². The molecule has 0 saturated carbocycles. The van der Waals surface area contributed by atoms with Gasteiger partial charge >= 0.3 is 0 Å². The van der Waals surface area contributed by atoms with Gasteiger partial charge in [0.05, 0.1) is 13.7 Å². The predicted molar refractivity (Wildman–Crippen MR) is 38.6 cm³/mol. The Hall–Kier alpha value is 1.02. The largest absolute Gasteiger partial charge is 0.344 e. The Morgan fingerprint density at radius 2 is 1.70 bits per heavy atom. The van der Waals surface area contributed by atoms with E-state index in [1.54, 1.807) is 0 Å². The van der Waals surface area contributed by atoms with Crippen LogP contribution in [0, 0.1) is 13.8 Å². The van der Waals surface area contributed by atoms with Gasteiger partial charge in [-0.15, -0.1) is 0 Å². The molecule has 0 rings (SSSR count). The summed E-state index contributed by atoms with van der Waals surface area (Å²) in [7, 11) is 1.48. The minimum absolute atomic E-state index is 0. The van der Waals surface area contributed by atoms with Gasteiger partial charge in [-0.3, -0.25) is 0 Å². The van der Waals surface area contributed by atoms with Crippen molar-refractivity contribution in [2.24, 2.45) is 0 Å². The molecule has 0 aliphatic carbocycles. The van der Waals surface area contributed by atoms with Gasteiger partial charge in [0.2, 0.25) is 0 Å². The van der Waals surface area contributed by atoms with Gasteiger partial charge in [-0.2, -0.15) is 12.8 Å². The van der Waals surface area contributed by atoms with Crippen LogP contribution in [0.25, 0.3) is 0 Å². The Bertz CT molecular complexity index is 30.8. The Labute approximate surface area is 89.5 Å². The summed E-state index contributed by atoms with van der Waals surface area (Å²) in [6.45, 7) is 9.60. The van der Waals surface area contributed by atoms with Crippen LogP contribution in [-0.2, 0) is 42.5 Å². The van der Waals surface area contributed by atoms with Crippen LogP contribution in [0.3, 0.4) is 0 Å². The van der Waals surface area contributed by atoms with Crippen LogP contribution in [0.2, 0.25) is 0 Å². The van der Waals surface area contributed by atoms with Crippen molar-refractivity contribution < 1.29 is 42.5 Å². The van der Waals surface area contributed by atoms with Crippen LogP contribution >= 0.6 is 0 Å². The zero-order valence-electron chi connectivity index (χ0n) is 6.93. The summed E-state index contributed by atoms with van der Waals surface area (Å²) in [6, 6.07) is 0. The van der Waals surface area contributed by atoms with E-state index in [1.807, 2.05) is 6.92 Å². The summed E-state index contributed by atoms with van der Waals surface area (Å²) >= 11 is 0. The Kier molecular flexibility index (Phi) is 38.7. The summed E-state index contributed by atoms with van der Waals surface area (Å²) < 4.78 is 0. The van der Waals surface area contributed by atoms with Gasteiger partial charge in [0.1, 0.15) is 0 Å². The molecule has 61 valence electrons. The minimum Gasteiger partial charge on any atom is -0.344 e. The van der Waals surface area contributed by atoms with E-state index in [9.17, 15) is 0 Å². The second-order valence-corrected chi connectivity index (χ2v) is 1.34. The molecule has 0 aromatic carbocycles. The fourth-order valence-electron chi connectivity index (χ4n) is 0.142. The van der Waals surface area contributed by atoms with Crippen LogP contribution in [-0.4, -0.2) is 13.7 Å². The number of hydrogen-bond donors (Lipinski definition) is 0. The molecule has 0 atom stereocenters. The molecule has 2 nitrogen and oxygen atoms in total. The van der Waals surface area contributed by atoms with Gasteiger partial charge < -0.3 is 13.8 Å². The zero-order valence-corrected chi connectivity index (χ0v) is 9.77. The molecule has 0 aliphatic rings. The van der Waals surface area contributed by atoms with Crippen LogP contribution in [0.1, 0.15) is 19.8 Å². The van der Waals surface area contributed by atoms with Crippen LogP contribution in [0.15, 0.2) is 0 Å². The fraction of sp³-hybridized carbons (Fsp3) is 0.714. The van der Waals surface area contributed by atoms with Crippen LogP contribution in [0.4, 0.5) is 0 Å². The molecule has 0 bridgehead atoms. The fourth-order valence-corrected chi connectivity index (χ4v) is 0.142. The van der Waals surface area contributed by atoms with Crippen LogP contribution in [0.5, 0.6) is 0 Å². The molecule has 0 heterocycles. The molecule has 0 saturated heterocycles. The van der Waals surface area contributed by atoms with Crippen molar-refractivity contribution in [2.45, 2.75) is 19.8 Å². The Morgan fingerprint density at radius 1 is 1.30 bits per heavy atom. The van der Waals surface area contributed by atoms with Crippen molar-refractivity contribution in [1.82, 2.24) is 0 Å². The third kappa shape index (κ3) is 35.9. The minimum atomic E-state index is 0. The van der Waals surface area contributed by atoms with Crippen molar-refractivity contribution in [3.8, 4) is 0 Å². The average molecular weight is 221 g/mol. The maximum absolute atomic E-state index is 4.42. The molecule has 0 amide bonds. The Morgan fingerprint density at radius 3 is 1.80 bits per heavy atom. The molecule has 0 fully saturated rings. The normalized spacial score (nSPS) is 7.20. The van der Waals surface area contributed by atoms with E-state index in [4.69, 9.17) is 0 Å². The standard InChI is InChI=1S/C4H9O2.C3H7.Y/c1-3-4-6-5-2;1-3-2;/h1,3-4H2,2H3;1,3H2,2H3;/q2*-1;. The molecule has 0 aromatic rings. The van der Waals surface area contributed by atoms with Crippen molar-refractivity contribution in [3.63, 3.8) is 0 Å². The average Bonchev–Trinajstić information content (AvgIpc) is 1.86. The summed E-state index contributed by atoms with van der Waals surface area (Å²) in [5.74, 6) is 0. The van der Waals surface area contributed by atoms with E-state index < -0.39 is 0 Å². The first-order valence-corrected chi connectivity index (χ1v) is 3.07. The molecular formula is C7H16O2Y-2. The third-order valence-corrected chi connectivity index (χ3v) is 0.346. The van der Waals surface area contributed by atoms with Gasteiger partial charge in [-0.05, 0) is 0 Å². The maximum atomic E-state index is 4.42. The quantitative estimate of drug-likeness (QED) is 0.314. The van der Waals surface area contributed by atoms with Gasteiger partial charge in [-0.1, -0.05) is 6.92 Å².